The molecular weight excluding hydrogens is 398 g/mol. The number of aromatic nitrogens is 3. The van der Waals surface area contributed by atoms with Gasteiger partial charge in [-0.2, -0.15) is 0 Å². The number of hydrogen-bond acceptors (Lipinski definition) is 4. The molecule has 0 aliphatic heterocycles. The van der Waals surface area contributed by atoms with E-state index in [0.29, 0.717) is 23.6 Å². The van der Waals surface area contributed by atoms with E-state index in [-0.39, 0.29) is 5.56 Å². The number of pyridine rings is 3. The second kappa shape index (κ2) is 8.27. The maximum absolute atomic E-state index is 13.8. The average Bonchev–Trinajstić information content (AvgIpc) is 2.84. The van der Waals surface area contributed by atoms with Crippen LogP contribution in [0.2, 0.25) is 0 Å². The lowest BCUT2D eigenvalue weighted by Crippen LogP contribution is -2.20. The molecule has 2 aromatic carbocycles. The van der Waals surface area contributed by atoms with Gasteiger partial charge in [0.25, 0.3) is 5.56 Å². The Morgan fingerprint density at radius 3 is 2.56 bits per heavy atom. The van der Waals surface area contributed by atoms with Crippen molar-refractivity contribution in [1.82, 2.24) is 14.5 Å². The lowest BCUT2D eigenvalue weighted by atomic mass is 10.0. The van der Waals surface area contributed by atoms with E-state index >= 15 is 0 Å². The van der Waals surface area contributed by atoms with E-state index in [2.05, 4.69) is 29.0 Å². The molecule has 0 amide bonds. The van der Waals surface area contributed by atoms with Crippen LogP contribution in [-0.2, 0) is 6.42 Å². The third kappa shape index (κ3) is 3.52. The molecule has 5 heteroatoms. The van der Waals surface area contributed by atoms with Crippen LogP contribution < -0.4 is 10.3 Å². The molecule has 3 aromatic heterocycles. The van der Waals surface area contributed by atoms with Gasteiger partial charge in [-0.3, -0.25) is 14.3 Å². The summed E-state index contributed by atoms with van der Waals surface area (Å²) in [4.78, 5) is 22.9. The second-order valence-electron chi connectivity index (χ2n) is 7.63. The number of hydrogen-bond donors (Lipinski definition) is 0. The fourth-order valence-electron chi connectivity index (χ4n) is 3.98. The van der Waals surface area contributed by atoms with Crippen molar-refractivity contribution in [2.75, 3.05) is 6.61 Å². The molecule has 32 heavy (non-hydrogen) atoms. The van der Waals surface area contributed by atoms with Crippen LogP contribution in [0.15, 0.2) is 83.9 Å². The minimum atomic E-state index is -0.119. The Labute approximate surface area is 186 Å². The van der Waals surface area contributed by atoms with Gasteiger partial charge in [-0.1, -0.05) is 37.3 Å². The summed E-state index contributed by atoms with van der Waals surface area (Å²) >= 11 is 0. The predicted octanol–water partition coefficient (Wildman–Crippen LogP) is 5.56. The van der Waals surface area contributed by atoms with Crippen molar-refractivity contribution in [3.63, 3.8) is 0 Å². The van der Waals surface area contributed by atoms with E-state index < -0.39 is 0 Å². The first-order valence-electron chi connectivity index (χ1n) is 10.8. The van der Waals surface area contributed by atoms with Crippen molar-refractivity contribution in [3.05, 3.63) is 95.0 Å². The van der Waals surface area contributed by atoms with Gasteiger partial charge in [-0.15, -0.1) is 0 Å². The summed E-state index contributed by atoms with van der Waals surface area (Å²) in [7, 11) is 0. The topological polar surface area (TPSA) is 57.0 Å². The van der Waals surface area contributed by atoms with E-state index in [1.165, 1.54) is 5.56 Å². The summed E-state index contributed by atoms with van der Waals surface area (Å²) in [5.74, 6) is 0.514. The number of aryl methyl sites for hydroxylation is 1. The highest BCUT2D eigenvalue weighted by atomic mass is 16.5. The smallest absolute Gasteiger partial charge is 0.265 e. The number of benzene rings is 2. The van der Waals surface area contributed by atoms with E-state index in [0.717, 1.165) is 34.0 Å². The van der Waals surface area contributed by atoms with Crippen molar-refractivity contribution in [2.24, 2.45) is 0 Å². The summed E-state index contributed by atoms with van der Waals surface area (Å²) in [5.41, 5.74) is 4.84. The minimum absolute atomic E-state index is 0.119. The van der Waals surface area contributed by atoms with Crippen LogP contribution in [0.4, 0.5) is 0 Å². The molecule has 5 aromatic rings. The van der Waals surface area contributed by atoms with Gasteiger partial charge in [-0.25, -0.2) is 4.98 Å². The molecule has 0 saturated carbocycles. The molecule has 0 aliphatic carbocycles. The van der Waals surface area contributed by atoms with E-state index in [9.17, 15) is 4.79 Å². The van der Waals surface area contributed by atoms with Crippen LogP contribution in [-0.4, -0.2) is 21.1 Å². The molecule has 0 fully saturated rings. The van der Waals surface area contributed by atoms with Crippen LogP contribution in [0.1, 0.15) is 19.4 Å². The van der Waals surface area contributed by atoms with Crippen LogP contribution in [0.25, 0.3) is 38.6 Å². The van der Waals surface area contributed by atoms with Gasteiger partial charge in [0.05, 0.1) is 23.2 Å². The molecule has 3 heterocycles. The normalized spacial score (nSPS) is 11.2. The zero-order valence-electron chi connectivity index (χ0n) is 18.1. The zero-order valence-corrected chi connectivity index (χ0v) is 18.1. The fraction of sp³-hybridized carbons (Fsp3) is 0.148. The van der Waals surface area contributed by atoms with Gasteiger partial charge in [0.15, 0.2) is 0 Å². The third-order valence-corrected chi connectivity index (χ3v) is 5.65. The fourth-order valence-corrected chi connectivity index (χ4v) is 3.98. The predicted molar refractivity (Wildman–Crippen MR) is 129 cm³/mol. The Kier molecular flexibility index (Phi) is 5.15. The first-order chi connectivity index (χ1) is 15.7. The Balaban J connectivity index is 1.79. The standard InChI is InChI=1S/C27H23N3O2/c1-3-18-7-9-19(10-8-18)25-26-21(11-14-24(29-26)32-4-2)17-30(27(25)31)22-12-13-23-20(16-22)6-5-15-28-23/h5-17H,3-4H2,1-2H3. The molecule has 0 aliphatic rings. The number of fused-ring (bicyclic) bond motifs is 2. The summed E-state index contributed by atoms with van der Waals surface area (Å²) in [6.45, 7) is 4.55. The van der Waals surface area contributed by atoms with E-state index in [1.807, 2.05) is 67.7 Å². The zero-order chi connectivity index (χ0) is 22.1. The average molecular weight is 422 g/mol. The summed E-state index contributed by atoms with van der Waals surface area (Å²) < 4.78 is 7.31. The first-order valence-corrected chi connectivity index (χ1v) is 10.8. The summed E-state index contributed by atoms with van der Waals surface area (Å²) in [6, 6.07) is 21.7. The van der Waals surface area contributed by atoms with Crippen LogP contribution >= 0.6 is 0 Å². The SMILES string of the molecule is CCOc1ccc2cn(-c3ccc4ncccc4c3)c(=O)c(-c3ccc(CC)cc3)c2n1. The van der Waals surface area contributed by atoms with Gasteiger partial charge in [0.2, 0.25) is 5.88 Å². The summed E-state index contributed by atoms with van der Waals surface area (Å²) in [6.07, 6.45) is 4.56. The molecule has 0 saturated heterocycles. The lowest BCUT2D eigenvalue weighted by Gasteiger charge is -2.14. The Bertz CT molecular complexity index is 1490. The van der Waals surface area contributed by atoms with Crippen molar-refractivity contribution in [2.45, 2.75) is 20.3 Å². The molecule has 0 spiro atoms. The van der Waals surface area contributed by atoms with Gasteiger partial charge in [0.1, 0.15) is 0 Å². The molecule has 158 valence electrons. The Morgan fingerprint density at radius 2 is 1.78 bits per heavy atom. The van der Waals surface area contributed by atoms with Crippen LogP contribution in [0.3, 0.4) is 0 Å². The highest BCUT2D eigenvalue weighted by Crippen LogP contribution is 2.28. The Morgan fingerprint density at radius 1 is 0.938 bits per heavy atom. The van der Waals surface area contributed by atoms with Gasteiger partial charge < -0.3 is 4.74 Å². The highest BCUT2D eigenvalue weighted by Gasteiger charge is 2.16. The first kappa shape index (κ1) is 19.9. The lowest BCUT2D eigenvalue weighted by molar-refractivity contribution is 0.328. The minimum Gasteiger partial charge on any atom is -0.478 e. The molecule has 0 bridgehead atoms. The monoisotopic (exact) mass is 421 g/mol. The van der Waals surface area contributed by atoms with Crippen molar-refractivity contribution in [3.8, 4) is 22.7 Å². The molecule has 0 N–H and O–H groups in total. The van der Waals surface area contributed by atoms with Crippen molar-refractivity contribution < 1.29 is 4.74 Å². The second-order valence-corrected chi connectivity index (χ2v) is 7.63. The van der Waals surface area contributed by atoms with Crippen LogP contribution in [0.5, 0.6) is 5.88 Å². The quantitative estimate of drug-likeness (QED) is 0.373. The summed E-state index contributed by atoms with van der Waals surface area (Å²) in [5, 5.41) is 1.85. The molecule has 0 atom stereocenters. The van der Waals surface area contributed by atoms with Crippen molar-refractivity contribution in [1.29, 1.82) is 0 Å². The molecule has 0 unspecified atom stereocenters. The Hall–Kier alpha value is -3.99. The maximum Gasteiger partial charge on any atom is 0.265 e. The van der Waals surface area contributed by atoms with Crippen molar-refractivity contribution >= 4 is 21.8 Å². The van der Waals surface area contributed by atoms with Gasteiger partial charge in [-0.05, 0) is 54.8 Å². The maximum atomic E-state index is 13.8. The van der Waals surface area contributed by atoms with Gasteiger partial charge >= 0.3 is 0 Å². The third-order valence-electron chi connectivity index (χ3n) is 5.65. The van der Waals surface area contributed by atoms with E-state index in [4.69, 9.17) is 4.74 Å². The highest BCUT2D eigenvalue weighted by molar-refractivity contribution is 5.93. The van der Waals surface area contributed by atoms with E-state index in [1.54, 1.807) is 10.8 Å². The molecule has 0 radical (unpaired) electrons. The largest absolute Gasteiger partial charge is 0.478 e. The molecule has 5 rings (SSSR count). The molecule has 5 nitrogen and oxygen atoms in total. The molecular formula is C27H23N3O2. The number of ether oxygens (including phenoxy) is 1. The number of rotatable bonds is 5. The van der Waals surface area contributed by atoms with Crippen LogP contribution in [0, 0.1) is 0 Å². The van der Waals surface area contributed by atoms with Gasteiger partial charge in [0, 0.05) is 34.9 Å². The number of nitrogens with zero attached hydrogens (tertiary/aromatic N) is 3.